The highest BCUT2D eigenvalue weighted by molar-refractivity contribution is 7.99. The van der Waals surface area contributed by atoms with Crippen molar-refractivity contribution < 1.29 is 9.59 Å². The minimum Gasteiger partial charge on any atom is -0.322 e. The summed E-state index contributed by atoms with van der Waals surface area (Å²) >= 11 is 4.99. The Morgan fingerprint density at radius 3 is 2.17 bits per heavy atom. The topological polar surface area (TPSA) is 49.4 Å². The molecule has 0 radical (unpaired) electrons. The van der Waals surface area contributed by atoms with E-state index in [1.807, 2.05) is 54.6 Å². The number of nitrogens with zero attached hydrogens (tertiary/aromatic N) is 1. The Morgan fingerprint density at radius 1 is 0.829 bits per heavy atom. The molecule has 0 atom stereocenters. The molecule has 35 heavy (non-hydrogen) atoms. The molecular weight excluding hydrogens is 493 g/mol. The maximum Gasteiger partial charge on any atom is 0.263 e. The predicted molar refractivity (Wildman–Crippen MR) is 157 cm³/mol. The first-order valence-electron chi connectivity index (χ1n) is 12.6. The van der Waals surface area contributed by atoms with E-state index in [1.54, 1.807) is 34.3 Å². The lowest BCUT2D eigenvalue weighted by atomic mass is 10.1. The Hall–Kier alpha value is -1.57. The number of thioether (sulfide) groups is 2. The third-order valence-corrected chi connectivity index (χ3v) is 8.17. The number of unbranched alkanes of at least 4 members (excludes halogenated alkanes) is 7. The van der Waals surface area contributed by atoms with Crippen LogP contribution in [0, 0.1) is 0 Å². The second-order valence-electron chi connectivity index (χ2n) is 8.47. The summed E-state index contributed by atoms with van der Waals surface area (Å²) in [5.74, 6) is 1.79. The molecule has 0 saturated heterocycles. The van der Waals surface area contributed by atoms with Gasteiger partial charge in [-0.1, -0.05) is 69.9 Å². The number of anilines is 1. The van der Waals surface area contributed by atoms with Crippen molar-refractivity contribution in [1.29, 1.82) is 0 Å². The monoisotopic (exact) mass is 532 g/mol. The van der Waals surface area contributed by atoms with E-state index in [-0.39, 0.29) is 11.8 Å². The standard InChI is InChI=1S/C28H40N2O2S3/c1-4-5-6-7-8-9-10-11-20-35-26-17-15-23(16-18-26)27(31)29-25-14-12-13-24(22-25)28(32)30(34-3)19-21-33-2/h12-18,22H,4-11,19-21H2,1-3H3,(H,29,31). The van der Waals surface area contributed by atoms with Crippen molar-refractivity contribution in [1.82, 2.24) is 4.31 Å². The zero-order chi connectivity index (χ0) is 25.3. The van der Waals surface area contributed by atoms with Gasteiger partial charge in [0.25, 0.3) is 11.8 Å². The molecule has 0 heterocycles. The molecule has 0 bridgehead atoms. The van der Waals surface area contributed by atoms with E-state index in [9.17, 15) is 9.59 Å². The fourth-order valence-corrected chi connectivity index (χ4v) is 5.59. The van der Waals surface area contributed by atoms with Gasteiger partial charge in [0.2, 0.25) is 0 Å². The van der Waals surface area contributed by atoms with E-state index in [0.717, 1.165) is 11.5 Å². The molecule has 2 aromatic rings. The first kappa shape index (κ1) is 29.7. The number of nitrogens with one attached hydrogen (secondary N) is 1. The van der Waals surface area contributed by atoms with Gasteiger partial charge in [0.1, 0.15) is 0 Å². The van der Waals surface area contributed by atoms with Crippen molar-refractivity contribution in [3.63, 3.8) is 0 Å². The Labute approximate surface area is 224 Å². The molecule has 2 rings (SSSR count). The number of hydrogen-bond acceptors (Lipinski definition) is 5. The maximum absolute atomic E-state index is 12.8. The molecule has 2 amide bonds. The third kappa shape index (κ3) is 11.4. The molecule has 7 heteroatoms. The van der Waals surface area contributed by atoms with Crippen molar-refractivity contribution in [2.45, 2.75) is 63.2 Å². The van der Waals surface area contributed by atoms with Gasteiger partial charge in [0, 0.05) is 40.3 Å². The van der Waals surface area contributed by atoms with Crippen LogP contribution >= 0.6 is 35.5 Å². The van der Waals surface area contributed by atoms with Crippen LogP contribution in [0.4, 0.5) is 5.69 Å². The number of amides is 2. The highest BCUT2D eigenvalue weighted by Gasteiger charge is 2.16. The van der Waals surface area contributed by atoms with Gasteiger partial charge in [-0.3, -0.25) is 13.9 Å². The smallest absolute Gasteiger partial charge is 0.263 e. The Balaban J connectivity index is 1.79. The van der Waals surface area contributed by atoms with Gasteiger partial charge in [0.05, 0.1) is 0 Å². The average Bonchev–Trinajstić information content (AvgIpc) is 2.88. The van der Waals surface area contributed by atoms with Crippen LogP contribution < -0.4 is 5.32 Å². The van der Waals surface area contributed by atoms with E-state index in [0.29, 0.717) is 23.4 Å². The Bertz CT molecular complexity index is 890. The summed E-state index contributed by atoms with van der Waals surface area (Å²) in [4.78, 5) is 26.7. The lowest BCUT2D eigenvalue weighted by Gasteiger charge is -2.19. The number of carbonyl (C=O) groups is 2. The fourth-order valence-electron chi connectivity index (χ4n) is 3.66. The molecule has 0 aromatic heterocycles. The van der Waals surface area contributed by atoms with Crippen LogP contribution in [0.5, 0.6) is 0 Å². The van der Waals surface area contributed by atoms with Gasteiger partial charge >= 0.3 is 0 Å². The van der Waals surface area contributed by atoms with Crippen LogP contribution in [0.3, 0.4) is 0 Å². The van der Waals surface area contributed by atoms with Gasteiger partial charge in [-0.2, -0.15) is 11.8 Å². The zero-order valence-electron chi connectivity index (χ0n) is 21.4. The molecule has 0 unspecified atom stereocenters. The van der Waals surface area contributed by atoms with E-state index in [2.05, 4.69) is 12.2 Å². The lowest BCUT2D eigenvalue weighted by molar-refractivity contribution is 0.0877. The van der Waals surface area contributed by atoms with E-state index < -0.39 is 0 Å². The van der Waals surface area contributed by atoms with Gasteiger partial charge in [0.15, 0.2) is 0 Å². The first-order valence-corrected chi connectivity index (χ1v) is 16.1. The molecule has 1 N–H and O–H groups in total. The van der Waals surface area contributed by atoms with Crippen molar-refractivity contribution >= 4 is 53.0 Å². The summed E-state index contributed by atoms with van der Waals surface area (Å²) in [6.07, 6.45) is 14.6. The molecule has 0 saturated carbocycles. The second-order valence-corrected chi connectivity index (χ2v) is 11.4. The minimum absolute atomic E-state index is 0.0412. The third-order valence-electron chi connectivity index (χ3n) is 5.70. The number of hydrogen-bond donors (Lipinski definition) is 1. The summed E-state index contributed by atoms with van der Waals surface area (Å²) in [6, 6.07) is 14.9. The van der Waals surface area contributed by atoms with E-state index >= 15 is 0 Å². The zero-order valence-corrected chi connectivity index (χ0v) is 23.8. The van der Waals surface area contributed by atoms with Crippen LogP contribution in [0.2, 0.25) is 0 Å². The van der Waals surface area contributed by atoms with Crippen LogP contribution in [-0.4, -0.2) is 46.7 Å². The summed E-state index contributed by atoms with van der Waals surface area (Å²) < 4.78 is 1.75. The highest BCUT2D eigenvalue weighted by Crippen LogP contribution is 2.22. The SMILES string of the molecule is CCCCCCCCCCSc1ccc(C(=O)Nc2cccc(C(=O)N(CCSC)SC)c2)cc1. The Kier molecular flexibility index (Phi) is 15.1. The predicted octanol–water partition coefficient (Wildman–Crippen LogP) is 8.25. The molecule has 0 aliphatic carbocycles. The van der Waals surface area contributed by atoms with E-state index in [1.165, 1.54) is 68.2 Å². The average molecular weight is 533 g/mol. The molecule has 0 fully saturated rings. The largest absolute Gasteiger partial charge is 0.322 e. The van der Waals surface area contributed by atoms with Crippen LogP contribution in [-0.2, 0) is 0 Å². The van der Waals surface area contributed by atoms with Crippen LogP contribution in [0.1, 0.15) is 79.0 Å². The van der Waals surface area contributed by atoms with Crippen molar-refractivity contribution in [3.05, 3.63) is 59.7 Å². The van der Waals surface area contributed by atoms with Gasteiger partial charge in [-0.25, -0.2) is 0 Å². The summed E-state index contributed by atoms with van der Waals surface area (Å²) in [6.45, 7) is 2.94. The number of rotatable bonds is 17. The van der Waals surface area contributed by atoms with Gasteiger partial charge in [-0.15, -0.1) is 11.8 Å². The maximum atomic E-state index is 12.8. The molecular formula is C28H40N2O2S3. The van der Waals surface area contributed by atoms with Crippen molar-refractivity contribution in [2.75, 3.05) is 35.9 Å². The summed E-state index contributed by atoms with van der Waals surface area (Å²) in [7, 11) is 0. The quantitative estimate of drug-likeness (QED) is 0.126. The molecule has 4 nitrogen and oxygen atoms in total. The Morgan fingerprint density at radius 2 is 1.51 bits per heavy atom. The normalized spacial score (nSPS) is 10.8. The molecule has 192 valence electrons. The second kappa shape index (κ2) is 17.8. The van der Waals surface area contributed by atoms with Crippen LogP contribution in [0.25, 0.3) is 0 Å². The molecule has 0 spiro atoms. The van der Waals surface area contributed by atoms with Crippen molar-refractivity contribution in [2.24, 2.45) is 0 Å². The fraction of sp³-hybridized carbons (Fsp3) is 0.500. The number of benzene rings is 2. The number of carbonyl (C=O) groups excluding carboxylic acids is 2. The van der Waals surface area contributed by atoms with E-state index in [4.69, 9.17) is 0 Å². The van der Waals surface area contributed by atoms with Crippen LogP contribution in [0.15, 0.2) is 53.4 Å². The molecule has 0 aliphatic rings. The van der Waals surface area contributed by atoms with Gasteiger partial charge < -0.3 is 5.32 Å². The summed E-state index contributed by atoms with van der Waals surface area (Å²) in [5.41, 5.74) is 1.81. The van der Waals surface area contributed by atoms with Crippen molar-refractivity contribution in [3.8, 4) is 0 Å². The first-order chi connectivity index (χ1) is 17.1. The van der Waals surface area contributed by atoms with Gasteiger partial charge in [-0.05, 0) is 60.9 Å². The lowest BCUT2D eigenvalue weighted by Crippen LogP contribution is -2.26. The summed E-state index contributed by atoms with van der Waals surface area (Å²) in [5, 5.41) is 2.93. The minimum atomic E-state index is -0.168. The highest BCUT2D eigenvalue weighted by atomic mass is 32.2. The molecule has 0 aliphatic heterocycles. The molecule has 2 aromatic carbocycles.